The highest BCUT2D eigenvalue weighted by Crippen LogP contribution is 2.34. The zero-order valence-corrected chi connectivity index (χ0v) is 16.2. The first kappa shape index (κ1) is 18.9. The molecule has 0 heterocycles. The van der Waals surface area contributed by atoms with Crippen molar-refractivity contribution < 1.29 is 9.47 Å². The van der Waals surface area contributed by atoms with Crippen LogP contribution in [0.1, 0.15) is 16.7 Å². The van der Waals surface area contributed by atoms with Crippen LogP contribution in [0, 0.1) is 0 Å². The zero-order valence-electron chi connectivity index (χ0n) is 13.9. The molecular weight excluding hydrogens is 391 g/mol. The lowest BCUT2D eigenvalue weighted by Gasteiger charge is -2.16. The summed E-state index contributed by atoms with van der Waals surface area (Å²) in [5.41, 5.74) is 2.66. The summed E-state index contributed by atoms with van der Waals surface area (Å²) >= 11 is 18.5. The number of hydrogen-bond donors (Lipinski definition) is 0. The molecule has 0 fully saturated rings. The van der Waals surface area contributed by atoms with Crippen molar-refractivity contribution in [3.63, 3.8) is 0 Å². The third-order valence-corrected chi connectivity index (χ3v) is 4.90. The molecule has 5 heteroatoms. The number of halogens is 3. The molecule has 3 rings (SSSR count). The van der Waals surface area contributed by atoms with Crippen molar-refractivity contribution in [2.24, 2.45) is 0 Å². The first-order valence-corrected chi connectivity index (χ1v) is 9.38. The van der Waals surface area contributed by atoms with Gasteiger partial charge in [-0.25, -0.2) is 0 Å². The van der Waals surface area contributed by atoms with Gasteiger partial charge in [-0.05, 0) is 18.2 Å². The Bertz CT molecular complexity index is 881. The van der Waals surface area contributed by atoms with E-state index in [1.165, 1.54) is 0 Å². The van der Waals surface area contributed by atoms with Crippen LogP contribution in [-0.4, -0.2) is 0 Å². The molecule has 134 valence electrons. The number of hydrogen-bond acceptors (Lipinski definition) is 2. The van der Waals surface area contributed by atoms with Gasteiger partial charge in [-0.1, -0.05) is 71.7 Å². The third kappa shape index (κ3) is 4.64. The van der Waals surface area contributed by atoms with E-state index in [2.05, 4.69) is 0 Å². The fourth-order valence-electron chi connectivity index (χ4n) is 2.48. The highest BCUT2D eigenvalue weighted by molar-refractivity contribution is 6.31. The molecule has 0 atom stereocenters. The van der Waals surface area contributed by atoms with Crippen molar-refractivity contribution in [2.75, 3.05) is 0 Å². The average Bonchev–Trinajstić information content (AvgIpc) is 2.67. The summed E-state index contributed by atoms with van der Waals surface area (Å²) in [7, 11) is 0. The standard InChI is InChI=1S/C21H17Cl3O2/c22-12-15-8-5-11-20(25-13-16-6-1-3-9-18(16)23)21(15)26-14-17-7-2-4-10-19(17)24/h1-11H,12-14H2. The van der Waals surface area contributed by atoms with E-state index in [1.807, 2.05) is 66.7 Å². The molecular formula is C21H17Cl3O2. The van der Waals surface area contributed by atoms with Crippen LogP contribution < -0.4 is 9.47 Å². The summed E-state index contributed by atoms with van der Waals surface area (Å²) in [6.07, 6.45) is 0. The smallest absolute Gasteiger partial charge is 0.166 e. The van der Waals surface area contributed by atoms with Crippen LogP contribution >= 0.6 is 34.8 Å². The molecule has 0 aliphatic heterocycles. The van der Waals surface area contributed by atoms with E-state index in [9.17, 15) is 0 Å². The van der Waals surface area contributed by atoms with Crippen LogP contribution in [-0.2, 0) is 19.1 Å². The third-order valence-electron chi connectivity index (χ3n) is 3.88. The molecule has 0 aliphatic carbocycles. The van der Waals surface area contributed by atoms with Crippen molar-refractivity contribution in [3.8, 4) is 11.5 Å². The molecule has 3 aromatic rings. The summed E-state index contributed by atoms with van der Waals surface area (Å²) < 4.78 is 12.0. The Labute approximate surface area is 168 Å². The van der Waals surface area contributed by atoms with Crippen molar-refractivity contribution in [2.45, 2.75) is 19.1 Å². The number of rotatable bonds is 7. The first-order valence-electron chi connectivity index (χ1n) is 8.09. The molecule has 0 spiro atoms. The maximum atomic E-state index is 6.21. The molecule has 0 saturated heterocycles. The summed E-state index contributed by atoms with van der Waals surface area (Å²) in [6.45, 7) is 0.671. The van der Waals surface area contributed by atoms with E-state index in [0.29, 0.717) is 40.6 Å². The van der Waals surface area contributed by atoms with Gasteiger partial charge in [0.2, 0.25) is 0 Å². The van der Waals surface area contributed by atoms with Crippen molar-refractivity contribution >= 4 is 34.8 Å². The largest absolute Gasteiger partial charge is 0.485 e. The number of para-hydroxylation sites is 1. The zero-order chi connectivity index (χ0) is 18.4. The van der Waals surface area contributed by atoms with Gasteiger partial charge >= 0.3 is 0 Å². The van der Waals surface area contributed by atoms with Gasteiger partial charge in [0, 0.05) is 26.7 Å². The summed E-state index contributed by atoms with van der Waals surface area (Å²) in [5, 5.41) is 1.33. The van der Waals surface area contributed by atoms with E-state index < -0.39 is 0 Å². The van der Waals surface area contributed by atoms with Crippen molar-refractivity contribution in [1.29, 1.82) is 0 Å². The minimum Gasteiger partial charge on any atom is -0.485 e. The maximum Gasteiger partial charge on any atom is 0.166 e. The predicted molar refractivity (Wildman–Crippen MR) is 108 cm³/mol. The second-order valence-corrected chi connectivity index (χ2v) is 6.72. The van der Waals surface area contributed by atoms with Gasteiger partial charge in [-0.15, -0.1) is 11.6 Å². The van der Waals surface area contributed by atoms with E-state index in [0.717, 1.165) is 16.7 Å². The minimum absolute atomic E-state index is 0.321. The molecule has 0 aliphatic rings. The Kier molecular flexibility index (Phi) is 6.67. The Morgan fingerprint density at radius 3 is 1.73 bits per heavy atom. The minimum atomic E-state index is 0.321. The van der Waals surface area contributed by atoms with Gasteiger partial charge in [0.25, 0.3) is 0 Å². The van der Waals surface area contributed by atoms with Crippen molar-refractivity contribution in [1.82, 2.24) is 0 Å². The Balaban J connectivity index is 1.79. The molecule has 0 N–H and O–H groups in total. The highest BCUT2D eigenvalue weighted by atomic mass is 35.5. The van der Waals surface area contributed by atoms with Crippen LogP contribution in [0.5, 0.6) is 11.5 Å². The fourth-order valence-corrected chi connectivity index (χ4v) is 3.07. The first-order chi connectivity index (χ1) is 12.7. The molecule has 0 bridgehead atoms. The molecule has 0 aromatic heterocycles. The van der Waals surface area contributed by atoms with Crippen LogP contribution in [0.2, 0.25) is 10.0 Å². The summed E-state index contributed by atoms with van der Waals surface area (Å²) in [5.74, 6) is 1.56. The molecule has 3 aromatic carbocycles. The van der Waals surface area contributed by atoms with E-state index >= 15 is 0 Å². The topological polar surface area (TPSA) is 18.5 Å². The normalized spacial score (nSPS) is 10.6. The average molecular weight is 408 g/mol. The number of benzene rings is 3. The van der Waals surface area contributed by atoms with Gasteiger partial charge in [0.1, 0.15) is 13.2 Å². The molecule has 0 saturated carbocycles. The van der Waals surface area contributed by atoms with Crippen LogP contribution in [0.4, 0.5) is 0 Å². The lowest BCUT2D eigenvalue weighted by atomic mass is 10.2. The SMILES string of the molecule is ClCc1cccc(OCc2ccccc2Cl)c1OCc1ccccc1Cl. The molecule has 0 unspecified atom stereocenters. The Morgan fingerprint density at radius 2 is 1.15 bits per heavy atom. The predicted octanol–water partition coefficient (Wildman–Crippen LogP) is 6.89. The Morgan fingerprint density at radius 1 is 0.615 bits per heavy atom. The number of alkyl halides is 1. The van der Waals surface area contributed by atoms with Crippen LogP contribution in [0.25, 0.3) is 0 Å². The lowest BCUT2D eigenvalue weighted by molar-refractivity contribution is 0.254. The van der Waals surface area contributed by atoms with E-state index in [-0.39, 0.29) is 0 Å². The van der Waals surface area contributed by atoms with E-state index in [4.69, 9.17) is 44.3 Å². The fraction of sp³-hybridized carbons (Fsp3) is 0.143. The second-order valence-electron chi connectivity index (χ2n) is 5.64. The van der Waals surface area contributed by atoms with Crippen LogP contribution in [0.3, 0.4) is 0 Å². The monoisotopic (exact) mass is 406 g/mol. The van der Waals surface area contributed by atoms with E-state index in [1.54, 1.807) is 0 Å². The van der Waals surface area contributed by atoms with Crippen LogP contribution in [0.15, 0.2) is 66.7 Å². The molecule has 0 amide bonds. The quantitative estimate of drug-likeness (QED) is 0.397. The maximum absolute atomic E-state index is 6.21. The van der Waals surface area contributed by atoms with Gasteiger partial charge in [-0.3, -0.25) is 0 Å². The van der Waals surface area contributed by atoms with Gasteiger partial charge in [0.15, 0.2) is 11.5 Å². The highest BCUT2D eigenvalue weighted by Gasteiger charge is 2.13. The molecule has 2 nitrogen and oxygen atoms in total. The molecule has 26 heavy (non-hydrogen) atoms. The molecule has 0 radical (unpaired) electrons. The summed E-state index contributed by atoms with van der Waals surface area (Å²) in [6, 6.07) is 20.8. The Hall–Kier alpha value is -1.87. The summed E-state index contributed by atoms with van der Waals surface area (Å²) in [4.78, 5) is 0. The lowest BCUT2D eigenvalue weighted by Crippen LogP contribution is -2.03. The second kappa shape index (κ2) is 9.18. The number of ether oxygens (including phenoxy) is 2. The van der Waals surface area contributed by atoms with Gasteiger partial charge in [-0.2, -0.15) is 0 Å². The van der Waals surface area contributed by atoms with Gasteiger partial charge in [0.05, 0.1) is 5.88 Å². The van der Waals surface area contributed by atoms with Gasteiger partial charge < -0.3 is 9.47 Å². The van der Waals surface area contributed by atoms with Crippen molar-refractivity contribution in [3.05, 3.63) is 93.5 Å².